The lowest BCUT2D eigenvalue weighted by molar-refractivity contribution is -0.137. The zero-order valence-electron chi connectivity index (χ0n) is 11.5. The van der Waals surface area contributed by atoms with Crippen LogP contribution in [0.5, 0.6) is 0 Å². The van der Waals surface area contributed by atoms with Crippen molar-refractivity contribution in [2.75, 3.05) is 26.2 Å². The summed E-state index contributed by atoms with van der Waals surface area (Å²) in [6.07, 6.45) is -3.56. The number of carbonyl (C=O) groups is 1. The van der Waals surface area contributed by atoms with E-state index in [0.29, 0.717) is 0 Å². The summed E-state index contributed by atoms with van der Waals surface area (Å²) >= 11 is 0. The third-order valence-electron chi connectivity index (χ3n) is 4.20. The smallest absolute Gasteiger partial charge is 0.340 e. The Kier molecular flexibility index (Phi) is 3.65. The van der Waals surface area contributed by atoms with Gasteiger partial charge in [-0.2, -0.15) is 13.2 Å². The Labute approximate surface area is 121 Å². The van der Waals surface area contributed by atoms with Crippen LogP contribution in [-0.4, -0.2) is 37.0 Å². The molecule has 1 amide bonds. The standard InChI is InChI=1S/C15H17F3N2O/c16-15(17,18)11-3-1-10(2-4-11)12-9-13(12)14(21)20-7-5-19-6-8-20/h1-4,12-13,19H,5-9H2/t12-,13?/m0/s1. The summed E-state index contributed by atoms with van der Waals surface area (Å²) in [6, 6.07) is 5.19. The molecular weight excluding hydrogens is 281 g/mol. The first-order valence-electron chi connectivity index (χ1n) is 7.13. The number of hydrogen-bond acceptors (Lipinski definition) is 2. The Balaban J connectivity index is 1.63. The second-order valence-electron chi connectivity index (χ2n) is 5.64. The van der Waals surface area contributed by atoms with Gasteiger partial charge in [-0.3, -0.25) is 4.79 Å². The number of hydrogen-bond donors (Lipinski definition) is 1. The highest BCUT2D eigenvalue weighted by atomic mass is 19.4. The molecule has 1 unspecified atom stereocenters. The van der Waals surface area contributed by atoms with Gasteiger partial charge in [-0.15, -0.1) is 0 Å². The van der Waals surface area contributed by atoms with Crippen LogP contribution < -0.4 is 5.32 Å². The number of halogens is 3. The average molecular weight is 298 g/mol. The summed E-state index contributed by atoms with van der Waals surface area (Å²) in [6.45, 7) is 3.05. The Bertz CT molecular complexity index is 521. The first-order chi connectivity index (χ1) is 9.97. The lowest BCUT2D eigenvalue weighted by Gasteiger charge is -2.27. The van der Waals surface area contributed by atoms with Gasteiger partial charge in [-0.1, -0.05) is 12.1 Å². The SMILES string of the molecule is O=C(C1C[C@H]1c1ccc(C(F)(F)F)cc1)N1CCNCC1. The number of rotatable bonds is 2. The summed E-state index contributed by atoms with van der Waals surface area (Å²) < 4.78 is 37.6. The number of nitrogens with one attached hydrogen (secondary N) is 1. The van der Waals surface area contributed by atoms with Gasteiger partial charge in [-0.25, -0.2) is 0 Å². The van der Waals surface area contributed by atoms with E-state index in [1.54, 1.807) is 0 Å². The Morgan fingerprint density at radius 2 is 1.76 bits per heavy atom. The Morgan fingerprint density at radius 1 is 1.14 bits per heavy atom. The minimum absolute atomic E-state index is 0.0557. The zero-order chi connectivity index (χ0) is 15.0. The topological polar surface area (TPSA) is 32.3 Å². The summed E-state index contributed by atoms with van der Waals surface area (Å²) in [7, 11) is 0. The van der Waals surface area contributed by atoms with E-state index in [1.807, 2.05) is 4.90 Å². The zero-order valence-corrected chi connectivity index (χ0v) is 11.5. The molecule has 0 bridgehead atoms. The highest BCUT2D eigenvalue weighted by molar-refractivity contribution is 5.83. The van der Waals surface area contributed by atoms with Crippen molar-refractivity contribution in [2.24, 2.45) is 5.92 Å². The molecular formula is C15H17F3N2O. The molecule has 114 valence electrons. The molecule has 1 aliphatic carbocycles. The van der Waals surface area contributed by atoms with E-state index in [1.165, 1.54) is 12.1 Å². The van der Waals surface area contributed by atoms with Crippen LogP contribution >= 0.6 is 0 Å². The lowest BCUT2D eigenvalue weighted by Crippen LogP contribution is -2.47. The van der Waals surface area contributed by atoms with Crippen LogP contribution in [0.4, 0.5) is 13.2 Å². The maximum atomic E-state index is 12.5. The largest absolute Gasteiger partial charge is 0.416 e. The highest BCUT2D eigenvalue weighted by Gasteiger charge is 2.46. The summed E-state index contributed by atoms with van der Waals surface area (Å²) in [4.78, 5) is 14.1. The van der Waals surface area contributed by atoms with Gasteiger partial charge in [0.15, 0.2) is 0 Å². The average Bonchev–Trinajstić information content (AvgIpc) is 3.27. The van der Waals surface area contributed by atoms with E-state index >= 15 is 0 Å². The highest BCUT2D eigenvalue weighted by Crippen LogP contribution is 2.48. The minimum atomic E-state index is -4.31. The van der Waals surface area contributed by atoms with Crippen molar-refractivity contribution >= 4 is 5.91 Å². The molecule has 2 aliphatic rings. The molecule has 1 aromatic carbocycles. The first kappa shape index (κ1) is 14.4. The second-order valence-corrected chi connectivity index (χ2v) is 5.64. The number of piperazine rings is 1. The molecule has 1 heterocycles. The number of benzene rings is 1. The van der Waals surface area contributed by atoms with Crippen LogP contribution in [-0.2, 0) is 11.0 Å². The Morgan fingerprint density at radius 3 is 2.33 bits per heavy atom. The number of carbonyl (C=O) groups excluding carboxylic acids is 1. The lowest BCUT2D eigenvalue weighted by atomic mass is 10.1. The normalized spacial score (nSPS) is 25.8. The van der Waals surface area contributed by atoms with E-state index in [2.05, 4.69) is 5.32 Å². The molecule has 2 atom stereocenters. The molecule has 1 N–H and O–H groups in total. The summed E-state index contributed by atoms with van der Waals surface area (Å²) in [5, 5.41) is 3.19. The van der Waals surface area contributed by atoms with Gasteiger partial charge in [0.05, 0.1) is 5.56 Å². The molecule has 1 aromatic rings. The number of amides is 1. The molecule has 1 saturated carbocycles. The molecule has 3 nitrogen and oxygen atoms in total. The van der Waals surface area contributed by atoms with Gasteiger partial charge in [0, 0.05) is 32.1 Å². The van der Waals surface area contributed by atoms with Gasteiger partial charge in [0.1, 0.15) is 0 Å². The predicted molar refractivity (Wildman–Crippen MR) is 71.7 cm³/mol. The van der Waals surface area contributed by atoms with Crippen molar-refractivity contribution in [3.05, 3.63) is 35.4 Å². The maximum Gasteiger partial charge on any atom is 0.416 e. The maximum absolute atomic E-state index is 12.5. The van der Waals surface area contributed by atoms with Gasteiger partial charge < -0.3 is 10.2 Å². The molecule has 3 rings (SSSR count). The van der Waals surface area contributed by atoms with Gasteiger partial charge in [-0.05, 0) is 30.0 Å². The van der Waals surface area contributed by atoms with Crippen LogP contribution in [0.25, 0.3) is 0 Å². The van der Waals surface area contributed by atoms with Gasteiger partial charge >= 0.3 is 6.18 Å². The first-order valence-corrected chi connectivity index (χ1v) is 7.13. The fourth-order valence-electron chi connectivity index (χ4n) is 2.88. The van der Waals surface area contributed by atoms with Crippen molar-refractivity contribution in [1.82, 2.24) is 10.2 Å². The van der Waals surface area contributed by atoms with Crippen LogP contribution in [0, 0.1) is 5.92 Å². The molecule has 0 aromatic heterocycles. The van der Waals surface area contributed by atoms with Crippen molar-refractivity contribution in [2.45, 2.75) is 18.5 Å². The van der Waals surface area contributed by atoms with Crippen LogP contribution in [0.2, 0.25) is 0 Å². The van der Waals surface area contributed by atoms with Crippen LogP contribution in [0.15, 0.2) is 24.3 Å². The molecule has 1 saturated heterocycles. The predicted octanol–water partition coefficient (Wildman–Crippen LogP) is 2.24. The van der Waals surface area contributed by atoms with Crippen molar-refractivity contribution in [3.63, 3.8) is 0 Å². The number of alkyl halides is 3. The third-order valence-corrected chi connectivity index (χ3v) is 4.20. The van der Waals surface area contributed by atoms with E-state index in [4.69, 9.17) is 0 Å². The van der Waals surface area contributed by atoms with E-state index in [9.17, 15) is 18.0 Å². The van der Waals surface area contributed by atoms with Gasteiger partial charge in [0.25, 0.3) is 0 Å². The van der Waals surface area contributed by atoms with Crippen molar-refractivity contribution in [1.29, 1.82) is 0 Å². The minimum Gasteiger partial charge on any atom is -0.340 e. The van der Waals surface area contributed by atoms with E-state index in [0.717, 1.165) is 50.3 Å². The molecule has 6 heteroatoms. The summed E-state index contributed by atoms with van der Waals surface area (Å²) in [5.74, 6) is 0.163. The third kappa shape index (κ3) is 3.05. The number of nitrogens with zero attached hydrogens (tertiary/aromatic N) is 1. The van der Waals surface area contributed by atoms with Crippen LogP contribution in [0.3, 0.4) is 0 Å². The second kappa shape index (κ2) is 5.33. The van der Waals surface area contributed by atoms with Crippen molar-refractivity contribution in [3.8, 4) is 0 Å². The molecule has 1 aliphatic heterocycles. The van der Waals surface area contributed by atoms with Crippen LogP contribution in [0.1, 0.15) is 23.5 Å². The van der Waals surface area contributed by atoms with Gasteiger partial charge in [0.2, 0.25) is 5.91 Å². The van der Waals surface area contributed by atoms with E-state index < -0.39 is 11.7 Å². The molecule has 2 fully saturated rings. The fraction of sp³-hybridized carbons (Fsp3) is 0.533. The summed E-state index contributed by atoms with van der Waals surface area (Å²) in [5.41, 5.74) is 0.188. The van der Waals surface area contributed by atoms with Crippen molar-refractivity contribution < 1.29 is 18.0 Å². The quantitative estimate of drug-likeness (QED) is 0.908. The molecule has 0 radical (unpaired) electrons. The molecule has 0 spiro atoms. The monoisotopic (exact) mass is 298 g/mol. The fourth-order valence-corrected chi connectivity index (χ4v) is 2.88. The molecule has 21 heavy (non-hydrogen) atoms. The van der Waals surface area contributed by atoms with E-state index in [-0.39, 0.29) is 17.7 Å². The Hall–Kier alpha value is -1.56.